The average molecular weight is 429 g/mol. The summed E-state index contributed by atoms with van der Waals surface area (Å²) in [6, 6.07) is 1.70. The van der Waals surface area contributed by atoms with E-state index in [0.717, 1.165) is 19.5 Å². The highest BCUT2D eigenvalue weighted by Gasteiger charge is 2.27. The molecule has 154 valence electrons. The van der Waals surface area contributed by atoms with Crippen LogP contribution in [0.3, 0.4) is 0 Å². The van der Waals surface area contributed by atoms with Crippen molar-refractivity contribution in [1.29, 1.82) is 0 Å². The van der Waals surface area contributed by atoms with Crippen molar-refractivity contribution in [3.05, 3.63) is 16.9 Å². The molecular weight excluding hydrogens is 403 g/mol. The monoisotopic (exact) mass is 428 g/mol. The molecule has 1 atom stereocenters. The zero-order chi connectivity index (χ0) is 18.8. The summed E-state index contributed by atoms with van der Waals surface area (Å²) in [5.41, 5.74) is 7.00. The van der Waals surface area contributed by atoms with Gasteiger partial charge in [-0.1, -0.05) is 30.1 Å². The Labute approximate surface area is 175 Å². The van der Waals surface area contributed by atoms with Crippen LogP contribution in [0.5, 0.6) is 11.5 Å². The van der Waals surface area contributed by atoms with E-state index in [1.165, 1.54) is 25.8 Å². The van der Waals surface area contributed by atoms with Gasteiger partial charge in [0.25, 0.3) is 5.89 Å². The number of hydrogen-bond donors (Lipinski definition) is 1. The van der Waals surface area contributed by atoms with E-state index >= 15 is 0 Å². The Balaban J connectivity index is 0.00000225. The first kappa shape index (κ1) is 21.0. The summed E-state index contributed by atoms with van der Waals surface area (Å²) in [6.07, 6.45) is 4.47. The van der Waals surface area contributed by atoms with Crippen molar-refractivity contribution < 1.29 is 14.0 Å². The topological polar surface area (TPSA) is 86.6 Å². The number of ether oxygens (including phenoxy) is 2. The molecule has 3 heterocycles. The molecule has 7 nitrogen and oxygen atoms in total. The second-order valence-electron chi connectivity index (χ2n) is 7.20. The standard InChI is InChI=1S/C19H25ClN4O3.ClH/c1-2-3-5-24-6-4-12(11-24)9-15-22-19(27-23-15)13-10-14(20)16(21)18-17(13)25-7-8-26-18;/h10,12H,2-9,11,21H2,1H3;1H. The predicted molar refractivity (Wildman–Crippen MR) is 111 cm³/mol. The van der Waals surface area contributed by atoms with Gasteiger partial charge in [-0.15, -0.1) is 12.4 Å². The van der Waals surface area contributed by atoms with E-state index in [1.807, 2.05) is 0 Å². The van der Waals surface area contributed by atoms with Crippen LogP contribution in [-0.2, 0) is 6.42 Å². The normalized spacial score (nSPS) is 18.9. The summed E-state index contributed by atoms with van der Waals surface area (Å²) >= 11 is 6.25. The van der Waals surface area contributed by atoms with Crippen molar-refractivity contribution >= 4 is 29.7 Å². The van der Waals surface area contributed by atoms with Crippen LogP contribution in [-0.4, -0.2) is 47.9 Å². The van der Waals surface area contributed by atoms with Crippen LogP contribution in [0.15, 0.2) is 10.6 Å². The Hall–Kier alpha value is -1.70. The van der Waals surface area contributed by atoms with Crippen molar-refractivity contribution in [2.24, 2.45) is 5.92 Å². The first-order valence-corrected chi connectivity index (χ1v) is 9.96. The fraction of sp³-hybridized carbons (Fsp3) is 0.579. The lowest BCUT2D eigenvalue weighted by Gasteiger charge is -2.22. The molecule has 0 bridgehead atoms. The highest BCUT2D eigenvalue weighted by Crippen LogP contribution is 2.47. The molecule has 1 aromatic heterocycles. The SMILES string of the molecule is CCCCN1CCC(Cc2noc(-c3cc(Cl)c(N)c4c3OCCO4)n2)C1.Cl. The molecule has 2 N–H and O–H groups in total. The molecule has 4 rings (SSSR count). The maximum Gasteiger partial charge on any atom is 0.261 e. The number of halogens is 2. The lowest BCUT2D eigenvalue weighted by molar-refractivity contribution is 0.173. The van der Waals surface area contributed by atoms with Crippen molar-refractivity contribution in [3.8, 4) is 23.0 Å². The second kappa shape index (κ2) is 9.20. The fourth-order valence-electron chi connectivity index (χ4n) is 3.72. The number of anilines is 1. The van der Waals surface area contributed by atoms with E-state index in [4.69, 9.17) is 31.3 Å². The Morgan fingerprint density at radius 3 is 2.86 bits per heavy atom. The molecule has 0 radical (unpaired) electrons. The molecule has 0 saturated carbocycles. The van der Waals surface area contributed by atoms with E-state index in [2.05, 4.69) is 22.0 Å². The van der Waals surface area contributed by atoms with Gasteiger partial charge in [0.1, 0.15) is 13.2 Å². The van der Waals surface area contributed by atoms with Gasteiger partial charge >= 0.3 is 0 Å². The third-order valence-corrected chi connectivity index (χ3v) is 5.48. The molecule has 0 aliphatic carbocycles. The summed E-state index contributed by atoms with van der Waals surface area (Å²) in [7, 11) is 0. The minimum absolute atomic E-state index is 0. The number of unbranched alkanes of at least 4 members (excludes halogenated alkanes) is 1. The molecular formula is C19H26Cl2N4O3. The van der Waals surface area contributed by atoms with Gasteiger partial charge in [0.15, 0.2) is 17.3 Å². The van der Waals surface area contributed by atoms with Gasteiger partial charge in [-0.05, 0) is 37.9 Å². The van der Waals surface area contributed by atoms with Crippen LogP contribution in [0.2, 0.25) is 5.02 Å². The molecule has 1 saturated heterocycles. The van der Waals surface area contributed by atoms with Gasteiger partial charge in [-0.25, -0.2) is 0 Å². The van der Waals surface area contributed by atoms with Crippen LogP contribution < -0.4 is 15.2 Å². The van der Waals surface area contributed by atoms with Crippen LogP contribution in [0.4, 0.5) is 5.69 Å². The van der Waals surface area contributed by atoms with Gasteiger partial charge in [-0.2, -0.15) is 4.98 Å². The Kier molecular flexibility index (Phi) is 6.91. The van der Waals surface area contributed by atoms with Gasteiger partial charge < -0.3 is 24.6 Å². The third kappa shape index (κ3) is 4.31. The highest BCUT2D eigenvalue weighted by molar-refractivity contribution is 6.34. The van der Waals surface area contributed by atoms with E-state index in [-0.39, 0.29) is 12.4 Å². The number of hydrogen-bond acceptors (Lipinski definition) is 7. The number of fused-ring (bicyclic) bond motifs is 1. The van der Waals surface area contributed by atoms with Crippen molar-refractivity contribution in [2.75, 3.05) is 38.6 Å². The van der Waals surface area contributed by atoms with Crippen molar-refractivity contribution in [1.82, 2.24) is 15.0 Å². The fourth-order valence-corrected chi connectivity index (χ4v) is 3.92. The molecule has 1 unspecified atom stereocenters. The Morgan fingerprint density at radius 2 is 2.07 bits per heavy atom. The highest BCUT2D eigenvalue weighted by atomic mass is 35.5. The quantitative estimate of drug-likeness (QED) is 0.699. The van der Waals surface area contributed by atoms with Crippen molar-refractivity contribution in [3.63, 3.8) is 0 Å². The van der Waals surface area contributed by atoms with Crippen LogP contribution in [0.25, 0.3) is 11.5 Å². The Bertz CT molecular complexity index is 815. The van der Waals surface area contributed by atoms with Crippen LogP contribution in [0.1, 0.15) is 32.0 Å². The molecule has 2 aliphatic rings. The zero-order valence-electron chi connectivity index (χ0n) is 15.9. The number of nitrogens with zero attached hydrogens (tertiary/aromatic N) is 3. The molecule has 1 fully saturated rings. The molecule has 2 aromatic rings. The van der Waals surface area contributed by atoms with Crippen LogP contribution >= 0.6 is 24.0 Å². The smallest absolute Gasteiger partial charge is 0.261 e. The molecule has 0 spiro atoms. The largest absolute Gasteiger partial charge is 0.485 e. The second-order valence-corrected chi connectivity index (χ2v) is 7.61. The summed E-state index contributed by atoms with van der Waals surface area (Å²) in [5.74, 6) is 2.63. The zero-order valence-corrected chi connectivity index (χ0v) is 17.5. The van der Waals surface area contributed by atoms with E-state index < -0.39 is 0 Å². The minimum atomic E-state index is 0. The van der Waals surface area contributed by atoms with Gasteiger partial charge in [0, 0.05) is 13.0 Å². The van der Waals surface area contributed by atoms with Gasteiger partial charge in [0.2, 0.25) is 0 Å². The summed E-state index contributed by atoms with van der Waals surface area (Å²) < 4.78 is 16.9. The number of likely N-dealkylation sites (tertiary alicyclic amines) is 1. The lowest BCUT2D eigenvalue weighted by Crippen LogP contribution is -2.22. The number of benzene rings is 1. The summed E-state index contributed by atoms with van der Waals surface area (Å²) in [6.45, 7) is 6.54. The number of nitrogens with two attached hydrogens (primary N) is 1. The van der Waals surface area contributed by atoms with Crippen molar-refractivity contribution in [2.45, 2.75) is 32.6 Å². The maximum atomic E-state index is 6.25. The molecule has 1 aromatic carbocycles. The minimum Gasteiger partial charge on any atom is -0.485 e. The average Bonchev–Trinajstić information content (AvgIpc) is 3.33. The lowest BCUT2D eigenvalue weighted by atomic mass is 10.0. The molecule has 2 aliphatic heterocycles. The molecule has 28 heavy (non-hydrogen) atoms. The first-order valence-electron chi connectivity index (χ1n) is 9.58. The van der Waals surface area contributed by atoms with Gasteiger partial charge in [0.05, 0.1) is 16.3 Å². The maximum absolute atomic E-state index is 6.25. The predicted octanol–water partition coefficient (Wildman–Crippen LogP) is 3.83. The van der Waals surface area contributed by atoms with Gasteiger partial charge in [-0.3, -0.25) is 0 Å². The summed E-state index contributed by atoms with van der Waals surface area (Å²) in [4.78, 5) is 7.10. The third-order valence-electron chi connectivity index (χ3n) is 5.17. The first-order chi connectivity index (χ1) is 13.2. The summed E-state index contributed by atoms with van der Waals surface area (Å²) in [5, 5.41) is 4.55. The number of aromatic nitrogens is 2. The van der Waals surface area contributed by atoms with E-state index in [1.54, 1.807) is 6.07 Å². The molecule has 0 amide bonds. The number of rotatable bonds is 6. The van der Waals surface area contributed by atoms with E-state index in [0.29, 0.717) is 58.6 Å². The molecule has 9 heteroatoms. The number of nitrogen functional groups attached to an aromatic ring is 1. The Morgan fingerprint density at radius 1 is 1.29 bits per heavy atom. The van der Waals surface area contributed by atoms with E-state index in [9.17, 15) is 0 Å². The van der Waals surface area contributed by atoms with Crippen LogP contribution in [0, 0.1) is 5.92 Å².